The van der Waals surface area contributed by atoms with Crippen LogP contribution in [0.1, 0.15) is 25.0 Å². The van der Waals surface area contributed by atoms with Crippen molar-refractivity contribution < 1.29 is 19.0 Å². The summed E-state index contributed by atoms with van der Waals surface area (Å²) in [6.45, 7) is 5.86. The quantitative estimate of drug-likeness (QED) is 0.454. The topological polar surface area (TPSA) is 73.4 Å². The molecule has 6 heteroatoms. The first-order chi connectivity index (χ1) is 14.0. The van der Waals surface area contributed by atoms with Crippen LogP contribution in [0.4, 0.5) is 4.79 Å². The molecule has 0 unspecified atom stereocenters. The minimum atomic E-state index is -0.768. The average molecular weight is 390 g/mol. The van der Waals surface area contributed by atoms with Gasteiger partial charge in [-0.05, 0) is 38.5 Å². The van der Waals surface area contributed by atoms with E-state index in [1.165, 1.54) is 0 Å². The summed E-state index contributed by atoms with van der Waals surface area (Å²) in [4.78, 5) is 19.6. The number of nitrogens with one attached hydrogen (secondary N) is 1. The van der Waals surface area contributed by atoms with Crippen LogP contribution in [0.2, 0.25) is 0 Å². The molecule has 0 spiro atoms. The van der Waals surface area contributed by atoms with Crippen molar-refractivity contribution in [3.8, 4) is 11.6 Å². The second kappa shape index (κ2) is 7.83. The maximum atomic E-state index is 11.9. The molecule has 0 aliphatic heterocycles. The van der Waals surface area contributed by atoms with Gasteiger partial charge in [0.2, 0.25) is 5.88 Å². The first-order valence-corrected chi connectivity index (χ1v) is 9.48. The van der Waals surface area contributed by atoms with E-state index in [4.69, 9.17) is 14.2 Å². The van der Waals surface area contributed by atoms with Crippen molar-refractivity contribution in [3.05, 3.63) is 65.9 Å². The van der Waals surface area contributed by atoms with Gasteiger partial charge in [-0.3, -0.25) is 0 Å². The monoisotopic (exact) mass is 390 g/mol. The second-order valence-corrected chi connectivity index (χ2v) is 7.07. The minimum Gasteiger partial charge on any atom is -0.488 e. The number of ether oxygens (including phenoxy) is 3. The van der Waals surface area contributed by atoms with Crippen LogP contribution in [-0.2, 0) is 11.3 Å². The van der Waals surface area contributed by atoms with Crippen LogP contribution in [0.25, 0.3) is 21.8 Å². The Bertz CT molecular complexity index is 1170. The zero-order valence-electron chi connectivity index (χ0n) is 16.6. The van der Waals surface area contributed by atoms with Crippen LogP contribution in [0.5, 0.6) is 11.6 Å². The molecule has 2 heterocycles. The first-order valence-electron chi connectivity index (χ1n) is 9.48. The molecule has 0 atom stereocenters. The van der Waals surface area contributed by atoms with Crippen molar-refractivity contribution in [2.75, 3.05) is 0 Å². The molecule has 1 N–H and O–H groups in total. The lowest BCUT2D eigenvalue weighted by molar-refractivity contribution is 0.0714. The van der Waals surface area contributed by atoms with E-state index in [1.54, 1.807) is 20.0 Å². The number of fused-ring (bicyclic) bond motifs is 3. The van der Waals surface area contributed by atoms with Crippen LogP contribution >= 0.6 is 0 Å². The van der Waals surface area contributed by atoms with Gasteiger partial charge in [-0.25, -0.2) is 9.78 Å². The lowest BCUT2D eigenvalue weighted by Crippen LogP contribution is -2.16. The molecule has 4 rings (SSSR count). The van der Waals surface area contributed by atoms with E-state index >= 15 is 0 Å². The molecule has 6 nitrogen and oxygen atoms in total. The summed E-state index contributed by atoms with van der Waals surface area (Å²) in [5.41, 5.74) is 3.60. The minimum absolute atomic E-state index is 0.224. The third kappa shape index (κ3) is 3.87. The fourth-order valence-corrected chi connectivity index (χ4v) is 3.30. The van der Waals surface area contributed by atoms with Crippen LogP contribution in [-0.4, -0.2) is 22.2 Å². The van der Waals surface area contributed by atoms with E-state index < -0.39 is 6.16 Å². The number of hydrogen-bond acceptors (Lipinski definition) is 5. The van der Waals surface area contributed by atoms with Gasteiger partial charge in [-0.15, -0.1) is 0 Å². The van der Waals surface area contributed by atoms with Crippen molar-refractivity contribution in [1.82, 2.24) is 9.97 Å². The maximum Gasteiger partial charge on any atom is 0.515 e. The zero-order chi connectivity index (χ0) is 20.4. The van der Waals surface area contributed by atoms with Gasteiger partial charge < -0.3 is 19.2 Å². The predicted octanol–water partition coefficient (Wildman–Crippen LogP) is 5.53. The SMILES string of the molecule is Cc1c(OC(=O)OC(C)C)ncc2[nH]c3cccc(OCc4ccccc4)c3c12. The van der Waals surface area contributed by atoms with Crippen LogP contribution < -0.4 is 9.47 Å². The summed E-state index contributed by atoms with van der Waals surface area (Å²) in [6.07, 6.45) is 0.620. The third-order valence-corrected chi connectivity index (χ3v) is 4.57. The smallest absolute Gasteiger partial charge is 0.488 e. The number of rotatable bonds is 5. The highest BCUT2D eigenvalue weighted by Gasteiger charge is 2.18. The largest absolute Gasteiger partial charge is 0.515 e. The molecule has 2 aromatic heterocycles. The molecule has 2 aromatic carbocycles. The van der Waals surface area contributed by atoms with Crippen molar-refractivity contribution in [2.24, 2.45) is 0 Å². The van der Waals surface area contributed by atoms with Gasteiger partial charge in [0.15, 0.2) is 0 Å². The Labute approximate surface area is 168 Å². The lowest BCUT2D eigenvalue weighted by Gasteiger charge is -2.11. The van der Waals surface area contributed by atoms with Crippen LogP contribution in [0, 0.1) is 6.92 Å². The van der Waals surface area contributed by atoms with Gasteiger partial charge in [0.05, 0.1) is 23.3 Å². The number of aromatic nitrogens is 2. The number of aryl methyl sites for hydroxylation is 1. The molecule has 0 aliphatic rings. The fraction of sp³-hybridized carbons (Fsp3) is 0.217. The van der Waals surface area contributed by atoms with Crippen molar-refractivity contribution >= 4 is 28.0 Å². The highest BCUT2D eigenvalue weighted by atomic mass is 16.7. The van der Waals surface area contributed by atoms with Crippen LogP contribution in [0.3, 0.4) is 0 Å². The Morgan fingerprint density at radius 2 is 1.83 bits per heavy atom. The summed E-state index contributed by atoms with van der Waals surface area (Å²) >= 11 is 0. The normalized spacial score (nSPS) is 11.2. The van der Waals surface area contributed by atoms with Crippen molar-refractivity contribution in [1.29, 1.82) is 0 Å². The van der Waals surface area contributed by atoms with Gasteiger partial charge in [0, 0.05) is 16.3 Å². The van der Waals surface area contributed by atoms with Crippen molar-refractivity contribution in [2.45, 2.75) is 33.5 Å². The highest BCUT2D eigenvalue weighted by molar-refractivity contribution is 6.12. The summed E-state index contributed by atoms with van der Waals surface area (Å²) in [5.74, 6) is 0.976. The summed E-state index contributed by atoms with van der Waals surface area (Å²) in [6, 6.07) is 15.9. The molecule has 148 valence electrons. The van der Waals surface area contributed by atoms with E-state index in [0.29, 0.717) is 6.61 Å². The van der Waals surface area contributed by atoms with E-state index in [0.717, 1.165) is 38.7 Å². The summed E-state index contributed by atoms with van der Waals surface area (Å²) in [7, 11) is 0. The van der Waals surface area contributed by atoms with Crippen LogP contribution in [0.15, 0.2) is 54.7 Å². The molecule has 0 saturated carbocycles. The number of H-pyrrole nitrogens is 1. The number of carbonyl (C=O) groups excluding carboxylic acids is 1. The molecule has 0 fully saturated rings. The molecular formula is C23H22N2O4. The Hall–Kier alpha value is -3.54. The number of aromatic amines is 1. The lowest BCUT2D eigenvalue weighted by atomic mass is 10.1. The highest BCUT2D eigenvalue weighted by Crippen LogP contribution is 2.37. The molecule has 0 radical (unpaired) electrons. The van der Waals surface area contributed by atoms with E-state index in [9.17, 15) is 4.79 Å². The number of pyridine rings is 1. The second-order valence-electron chi connectivity index (χ2n) is 7.07. The number of nitrogens with zero attached hydrogens (tertiary/aromatic N) is 1. The number of benzene rings is 2. The number of hydrogen-bond donors (Lipinski definition) is 1. The summed E-state index contributed by atoms with van der Waals surface area (Å²) in [5, 5.41) is 1.84. The average Bonchev–Trinajstić information content (AvgIpc) is 3.08. The van der Waals surface area contributed by atoms with E-state index in [2.05, 4.69) is 9.97 Å². The predicted molar refractivity (Wildman–Crippen MR) is 111 cm³/mol. The van der Waals surface area contributed by atoms with Gasteiger partial charge in [0.1, 0.15) is 12.4 Å². The third-order valence-electron chi connectivity index (χ3n) is 4.57. The Morgan fingerprint density at radius 3 is 2.59 bits per heavy atom. The van der Waals surface area contributed by atoms with Gasteiger partial charge in [-0.2, -0.15) is 0 Å². The molecule has 0 amide bonds. The Morgan fingerprint density at radius 1 is 1.03 bits per heavy atom. The molecule has 0 aliphatic carbocycles. The van der Waals surface area contributed by atoms with Crippen molar-refractivity contribution in [3.63, 3.8) is 0 Å². The maximum absolute atomic E-state index is 11.9. The van der Waals surface area contributed by atoms with E-state index in [1.807, 2.05) is 55.5 Å². The van der Waals surface area contributed by atoms with Gasteiger partial charge in [0.25, 0.3) is 0 Å². The molecule has 0 saturated heterocycles. The van der Waals surface area contributed by atoms with E-state index in [-0.39, 0.29) is 12.0 Å². The zero-order valence-corrected chi connectivity index (χ0v) is 16.6. The fourth-order valence-electron chi connectivity index (χ4n) is 3.30. The first kappa shape index (κ1) is 18.8. The number of carbonyl (C=O) groups is 1. The standard InChI is InChI=1S/C23H22N2O4/c1-14(2)28-23(26)29-22-15(3)20-18(12-24-22)25-17-10-7-11-19(21(17)20)27-13-16-8-5-4-6-9-16/h4-12,14,25H,13H2,1-3H3. The Kier molecular flexibility index (Phi) is 5.08. The molecular weight excluding hydrogens is 368 g/mol. The molecule has 4 aromatic rings. The van der Waals surface area contributed by atoms with Gasteiger partial charge >= 0.3 is 6.16 Å². The molecule has 0 bridgehead atoms. The summed E-state index contributed by atoms with van der Waals surface area (Å²) < 4.78 is 16.5. The Balaban J connectivity index is 1.74. The van der Waals surface area contributed by atoms with Gasteiger partial charge in [-0.1, -0.05) is 36.4 Å². The molecule has 29 heavy (non-hydrogen) atoms.